The van der Waals surface area contributed by atoms with Gasteiger partial charge in [0.05, 0.1) is 23.6 Å². The second-order valence-electron chi connectivity index (χ2n) is 5.45. The van der Waals surface area contributed by atoms with E-state index in [1.54, 1.807) is 11.3 Å². The summed E-state index contributed by atoms with van der Waals surface area (Å²) >= 11 is 7.60. The van der Waals surface area contributed by atoms with E-state index in [4.69, 9.17) is 20.8 Å². The van der Waals surface area contributed by atoms with Crippen molar-refractivity contribution < 1.29 is 9.15 Å². The molecule has 0 aliphatic carbocycles. The maximum absolute atomic E-state index is 5.98. The number of ether oxygens (including phenoxy) is 1. The fourth-order valence-corrected chi connectivity index (χ4v) is 3.77. The summed E-state index contributed by atoms with van der Waals surface area (Å²) in [6.07, 6.45) is 0. The summed E-state index contributed by atoms with van der Waals surface area (Å²) in [5.41, 5.74) is 0. The zero-order valence-corrected chi connectivity index (χ0v) is 14.3. The van der Waals surface area contributed by atoms with Crippen molar-refractivity contribution in [3.8, 4) is 0 Å². The minimum Gasteiger partial charge on any atom is -0.465 e. The molecular formula is C16H21ClN2O2S. The van der Waals surface area contributed by atoms with Gasteiger partial charge >= 0.3 is 0 Å². The number of thiophene rings is 1. The Morgan fingerprint density at radius 2 is 2.09 bits per heavy atom. The van der Waals surface area contributed by atoms with Gasteiger partial charge in [0.25, 0.3) is 0 Å². The van der Waals surface area contributed by atoms with Gasteiger partial charge in [0, 0.05) is 31.1 Å². The van der Waals surface area contributed by atoms with Crippen molar-refractivity contribution in [3.05, 3.63) is 45.0 Å². The first-order valence-corrected chi connectivity index (χ1v) is 8.75. The van der Waals surface area contributed by atoms with E-state index in [2.05, 4.69) is 22.3 Å². The number of nitrogens with zero attached hydrogens (tertiary/aromatic N) is 1. The van der Waals surface area contributed by atoms with Crippen molar-refractivity contribution in [2.24, 2.45) is 0 Å². The summed E-state index contributed by atoms with van der Waals surface area (Å²) in [5, 5.41) is 3.53. The highest BCUT2D eigenvalue weighted by Crippen LogP contribution is 2.24. The molecule has 3 rings (SSSR count). The van der Waals surface area contributed by atoms with E-state index in [-0.39, 0.29) is 6.04 Å². The minimum absolute atomic E-state index is 0.244. The molecule has 0 spiro atoms. The van der Waals surface area contributed by atoms with Gasteiger partial charge in [0.1, 0.15) is 11.5 Å². The molecule has 4 nitrogen and oxygen atoms in total. The summed E-state index contributed by atoms with van der Waals surface area (Å²) in [6.45, 7) is 7.13. The maximum atomic E-state index is 5.98. The zero-order chi connectivity index (χ0) is 15.4. The van der Waals surface area contributed by atoms with Crippen LogP contribution in [-0.2, 0) is 11.3 Å². The third-order valence-corrected chi connectivity index (χ3v) is 5.07. The number of hydrogen-bond acceptors (Lipinski definition) is 5. The van der Waals surface area contributed by atoms with Crippen LogP contribution in [0.4, 0.5) is 0 Å². The molecule has 1 N–H and O–H groups in total. The van der Waals surface area contributed by atoms with E-state index in [1.807, 2.05) is 19.1 Å². The molecule has 0 radical (unpaired) electrons. The van der Waals surface area contributed by atoms with E-state index in [1.165, 1.54) is 4.88 Å². The highest BCUT2D eigenvalue weighted by molar-refractivity contribution is 7.16. The Hall–Kier alpha value is -0.850. The van der Waals surface area contributed by atoms with Crippen LogP contribution >= 0.6 is 22.9 Å². The van der Waals surface area contributed by atoms with Gasteiger partial charge in [0.2, 0.25) is 0 Å². The van der Waals surface area contributed by atoms with Gasteiger partial charge < -0.3 is 14.5 Å². The second kappa shape index (κ2) is 7.62. The maximum Gasteiger partial charge on any atom is 0.122 e. The number of furan rings is 1. The fraction of sp³-hybridized carbons (Fsp3) is 0.500. The first-order chi connectivity index (χ1) is 10.7. The Morgan fingerprint density at radius 3 is 2.73 bits per heavy atom. The first kappa shape index (κ1) is 16.0. The van der Waals surface area contributed by atoms with Crippen LogP contribution < -0.4 is 5.32 Å². The van der Waals surface area contributed by atoms with Gasteiger partial charge in [-0.05, 0) is 31.2 Å². The molecule has 6 heteroatoms. The highest BCUT2D eigenvalue weighted by Gasteiger charge is 2.24. The van der Waals surface area contributed by atoms with Crippen molar-refractivity contribution in [2.75, 3.05) is 32.8 Å². The van der Waals surface area contributed by atoms with Crippen molar-refractivity contribution in [3.63, 3.8) is 0 Å². The summed E-state index contributed by atoms with van der Waals surface area (Å²) in [4.78, 5) is 3.68. The lowest BCUT2D eigenvalue weighted by molar-refractivity contribution is 0.0115. The molecule has 2 aromatic heterocycles. The molecule has 0 bridgehead atoms. The van der Waals surface area contributed by atoms with Crippen LogP contribution in [0.3, 0.4) is 0 Å². The van der Waals surface area contributed by atoms with Crippen LogP contribution in [0.5, 0.6) is 0 Å². The molecule has 120 valence electrons. The molecule has 1 atom stereocenters. The number of hydrogen-bond donors (Lipinski definition) is 1. The quantitative estimate of drug-likeness (QED) is 0.873. The topological polar surface area (TPSA) is 37.6 Å². The van der Waals surface area contributed by atoms with Crippen LogP contribution in [0.1, 0.15) is 22.4 Å². The summed E-state index contributed by atoms with van der Waals surface area (Å²) in [5.74, 6) is 1.98. The van der Waals surface area contributed by atoms with Crippen molar-refractivity contribution in [1.82, 2.24) is 10.2 Å². The Morgan fingerprint density at radius 1 is 1.27 bits per heavy atom. The van der Waals surface area contributed by atoms with E-state index in [0.717, 1.165) is 55.2 Å². The Kier molecular flexibility index (Phi) is 5.55. The van der Waals surface area contributed by atoms with Crippen molar-refractivity contribution >= 4 is 22.9 Å². The minimum atomic E-state index is 0.244. The highest BCUT2D eigenvalue weighted by atomic mass is 35.5. The van der Waals surface area contributed by atoms with Gasteiger partial charge in [-0.1, -0.05) is 11.6 Å². The van der Waals surface area contributed by atoms with Crippen LogP contribution in [-0.4, -0.2) is 37.7 Å². The standard InChI is InChI=1S/C16H21ClN2O2S/c1-12-2-4-15(21-12)14(19-6-8-20-9-7-19)11-18-10-13-3-5-16(17)22-13/h2-5,14,18H,6-11H2,1H3. The third kappa shape index (κ3) is 4.12. The van der Waals surface area contributed by atoms with E-state index in [9.17, 15) is 0 Å². The van der Waals surface area contributed by atoms with Crippen LogP contribution in [0.25, 0.3) is 0 Å². The smallest absolute Gasteiger partial charge is 0.122 e. The van der Waals surface area contributed by atoms with E-state index in [0.29, 0.717) is 0 Å². The third-order valence-electron chi connectivity index (χ3n) is 3.84. The molecule has 1 unspecified atom stereocenters. The van der Waals surface area contributed by atoms with Gasteiger partial charge in [-0.3, -0.25) is 4.90 Å². The molecule has 1 fully saturated rings. The normalized spacial score (nSPS) is 17.7. The Balaban J connectivity index is 1.62. The molecule has 1 aliphatic heterocycles. The number of nitrogens with one attached hydrogen (secondary N) is 1. The van der Waals surface area contributed by atoms with E-state index >= 15 is 0 Å². The lowest BCUT2D eigenvalue weighted by atomic mass is 10.1. The van der Waals surface area contributed by atoms with Crippen molar-refractivity contribution in [1.29, 1.82) is 0 Å². The molecule has 1 aliphatic rings. The zero-order valence-electron chi connectivity index (χ0n) is 12.7. The first-order valence-electron chi connectivity index (χ1n) is 7.55. The average Bonchev–Trinajstić information content (AvgIpc) is 3.13. The van der Waals surface area contributed by atoms with Crippen molar-refractivity contribution in [2.45, 2.75) is 19.5 Å². The molecule has 0 amide bonds. The summed E-state index contributed by atoms with van der Waals surface area (Å²) in [7, 11) is 0. The van der Waals surface area contributed by atoms with Gasteiger partial charge in [-0.25, -0.2) is 0 Å². The molecule has 0 saturated carbocycles. The van der Waals surface area contributed by atoms with Gasteiger partial charge in [0.15, 0.2) is 0 Å². The monoisotopic (exact) mass is 340 g/mol. The summed E-state index contributed by atoms with van der Waals surface area (Å²) < 4.78 is 12.2. The SMILES string of the molecule is Cc1ccc(C(CNCc2ccc(Cl)s2)N2CCOCC2)o1. The molecule has 22 heavy (non-hydrogen) atoms. The second-order valence-corrected chi connectivity index (χ2v) is 7.25. The number of rotatable bonds is 6. The van der Waals surface area contributed by atoms with Crippen LogP contribution in [0.2, 0.25) is 4.34 Å². The number of halogens is 1. The molecule has 3 heterocycles. The molecular weight excluding hydrogens is 320 g/mol. The van der Waals surface area contributed by atoms with Crippen LogP contribution in [0.15, 0.2) is 28.7 Å². The lowest BCUT2D eigenvalue weighted by Crippen LogP contribution is -2.42. The Bertz CT molecular complexity index is 592. The largest absolute Gasteiger partial charge is 0.465 e. The molecule has 2 aromatic rings. The molecule has 1 saturated heterocycles. The molecule has 0 aromatic carbocycles. The van der Waals surface area contributed by atoms with Crippen LogP contribution in [0, 0.1) is 6.92 Å². The number of morpholine rings is 1. The fourth-order valence-electron chi connectivity index (χ4n) is 2.71. The lowest BCUT2D eigenvalue weighted by Gasteiger charge is -2.33. The summed E-state index contributed by atoms with van der Waals surface area (Å²) in [6, 6.07) is 8.37. The van der Waals surface area contributed by atoms with Gasteiger partial charge in [-0.2, -0.15) is 0 Å². The predicted octanol–water partition coefficient (Wildman–Crippen LogP) is 3.47. The average molecular weight is 341 g/mol. The predicted molar refractivity (Wildman–Crippen MR) is 89.6 cm³/mol. The van der Waals surface area contributed by atoms with E-state index < -0.39 is 0 Å². The van der Waals surface area contributed by atoms with Gasteiger partial charge in [-0.15, -0.1) is 11.3 Å². The Labute approximate surface area is 140 Å². The number of aryl methyl sites for hydroxylation is 1.